The summed E-state index contributed by atoms with van der Waals surface area (Å²) in [6.07, 6.45) is 2.17. The summed E-state index contributed by atoms with van der Waals surface area (Å²) in [5, 5.41) is 8.96. The van der Waals surface area contributed by atoms with Gasteiger partial charge >= 0.3 is 5.97 Å². The molecule has 2 rings (SSSR count). The van der Waals surface area contributed by atoms with Crippen LogP contribution in [-0.2, 0) is 4.79 Å². The van der Waals surface area contributed by atoms with Crippen LogP contribution in [0, 0.1) is 17.7 Å². The van der Waals surface area contributed by atoms with Crippen LogP contribution in [-0.4, -0.2) is 34.1 Å². The second kappa shape index (κ2) is 4.03. The Morgan fingerprint density at radius 2 is 2.12 bits per heavy atom. The fourth-order valence-corrected chi connectivity index (χ4v) is 1.92. The third-order valence-electron chi connectivity index (χ3n) is 2.82. The van der Waals surface area contributed by atoms with E-state index in [1.807, 2.05) is 6.92 Å². The number of anilines is 1. The van der Waals surface area contributed by atoms with Crippen molar-refractivity contribution in [3.63, 3.8) is 0 Å². The van der Waals surface area contributed by atoms with E-state index in [4.69, 9.17) is 5.11 Å². The zero-order chi connectivity index (χ0) is 11.7. The molecule has 1 aromatic heterocycles. The number of halogens is 1. The standard InChI is InChI=1S/C10H12FN3O2/c1-6-4-14(5-8(6)9(15)16)10-12-2-7(11)3-13-10/h2-3,6,8H,4-5H2,1H3,(H,15,16). The van der Waals surface area contributed by atoms with Crippen molar-refractivity contribution in [3.05, 3.63) is 18.2 Å². The molecule has 5 nitrogen and oxygen atoms in total. The number of hydrogen-bond acceptors (Lipinski definition) is 4. The van der Waals surface area contributed by atoms with Crippen molar-refractivity contribution in [1.82, 2.24) is 9.97 Å². The summed E-state index contributed by atoms with van der Waals surface area (Å²) in [6, 6.07) is 0. The number of aromatic nitrogens is 2. The first kappa shape index (κ1) is 10.8. The molecule has 1 N–H and O–H groups in total. The number of carbonyl (C=O) groups is 1. The fraction of sp³-hybridized carbons (Fsp3) is 0.500. The lowest BCUT2D eigenvalue weighted by Gasteiger charge is -2.14. The molecule has 86 valence electrons. The van der Waals surface area contributed by atoms with E-state index in [0.717, 1.165) is 12.4 Å². The predicted molar refractivity (Wildman–Crippen MR) is 54.5 cm³/mol. The van der Waals surface area contributed by atoms with E-state index in [9.17, 15) is 9.18 Å². The number of aliphatic carboxylic acids is 1. The first-order chi connectivity index (χ1) is 7.58. The van der Waals surface area contributed by atoms with E-state index >= 15 is 0 Å². The molecule has 0 bridgehead atoms. The van der Waals surface area contributed by atoms with Crippen molar-refractivity contribution in [2.75, 3.05) is 18.0 Å². The molecule has 1 aliphatic rings. The Morgan fingerprint density at radius 1 is 1.50 bits per heavy atom. The summed E-state index contributed by atoms with van der Waals surface area (Å²) in [4.78, 5) is 20.4. The highest BCUT2D eigenvalue weighted by Crippen LogP contribution is 2.25. The van der Waals surface area contributed by atoms with Crippen LogP contribution in [0.25, 0.3) is 0 Å². The van der Waals surface area contributed by atoms with Gasteiger partial charge in [-0.15, -0.1) is 0 Å². The lowest BCUT2D eigenvalue weighted by Crippen LogP contribution is -2.24. The molecule has 2 atom stereocenters. The largest absolute Gasteiger partial charge is 0.481 e. The normalized spacial score (nSPS) is 24.8. The van der Waals surface area contributed by atoms with Crippen LogP contribution in [0.1, 0.15) is 6.92 Å². The number of carboxylic acid groups (broad SMARTS) is 1. The topological polar surface area (TPSA) is 66.3 Å². The first-order valence-corrected chi connectivity index (χ1v) is 5.03. The lowest BCUT2D eigenvalue weighted by atomic mass is 9.99. The monoisotopic (exact) mass is 225 g/mol. The Hall–Kier alpha value is -1.72. The van der Waals surface area contributed by atoms with E-state index in [1.165, 1.54) is 0 Å². The SMILES string of the molecule is CC1CN(c2ncc(F)cn2)CC1C(=O)O. The molecular weight excluding hydrogens is 213 g/mol. The highest BCUT2D eigenvalue weighted by molar-refractivity contribution is 5.72. The maximum atomic E-state index is 12.6. The lowest BCUT2D eigenvalue weighted by molar-refractivity contribution is -0.142. The van der Waals surface area contributed by atoms with Crippen molar-refractivity contribution in [2.24, 2.45) is 11.8 Å². The number of rotatable bonds is 2. The zero-order valence-electron chi connectivity index (χ0n) is 8.80. The van der Waals surface area contributed by atoms with Gasteiger partial charge < -0.3 is 10.0 Å². The van der Waals surface area contributed by atoms with Gasteiger partial charge in [0.05, 0.1) is 18.3 Å². The van der Waals surface area contributed by atoms with Crippen molar-refractivity contribution in [3.8, 4) is 0 Å². The Morgan fingerprint density at radius 3 is 2.62 bits per heavy atom. The maximum absolute atomic E-state index is 12.6. The predicted octanol–water partition coefficient (Wildman–Crippen LogP) is 0.773. The van der Waals surface area contributed by atoms with Crippen LogP contribution < -0.4 is 4.90 Å². The molecule has 0 spiro atoms. The maximum Gasteiger partial charge on any atom is 0.308 e. The summed E-state index contributed by atoms with van der Waals surface area (Å²) in [5.74, 6) is -1.28. The van der Waals surface area contributed by atoms with Crippen LogP contribution in [0.2, 0.25) is 0 Å². The minimum atomic E-state index is -0.808. The van der Waals surface area contributed by atoms with Crippen LogP contribution in [0.5, 0.6) is 0 Å². The minimum absolute atomic E-state index is 0.0474. The molecule has 1 saturated heterocycles. The van der Waals surface area contributed by atoms with E-state index < -0.39 is 17.7 Å². The zero-order valence-corrected chi connectivity index (χ0v) is 8.80. The van der Waals surface area contributed by atoms with Gasteiger partial charge in [-0.2, -0.15) is 0 Å². The number of hydrogen-bond donors (Lipinski definition) is 1. The van der Waals surface area contributed by atoms with E-state index in [1.54, 1.807) is 4.90 Å². The van der Waals surface area contributed by atoms with E-state index in [2.05, 4.69) is 9.97 Å². The molecule has 0 saturated carbocycles. The highest BCUT2D eigenvalue weighted by Gasteiger charge is 2.35. The fourth-order valence-electron chi connectivity index (χ4n) is 1.92. The molecule has 2 heterocycles. The van der Waals surface area contributed by atoms with Gasteiger partial charge in [0, 0.05) is 13.1 Å². The smallest absolute Gasteiger partial charge is 0.308 e. The second-order valence-electron chi connectivity index (χ2n) is 4.03. The van der Waals surface area contributed by atoms with E-state index in [0.29, 0.717) is 19.0 Å². The second-order valence-corrected chi connectivity index (χ2v) is 4.03. The van der Waals surface area contributed by atoms with Gasteiger partial charge in [-0.1, -0.05) is 6.92 Å². The van der Waals surface area contributed by atoms with E-state index in [-0.39, 0.29) is 5.92 Å². The van der Waals surface area contributed by atoms with Crippen molar-refractivity contribution in [1.29, 1.82) is 0 Å². The molecule has 0 radical (unpaired) electrons. The van der Waals surface area contributed by atoms with Gasteiger partial charge in [-0.3, -0.25) is 4.79 Å². The molecule has 16 heavy (non-hydrogen) atoms. The van der Waals surface area contributed by atoms with Crippen molar-refractivity contribution < 1.29 is 14.3 Å². The molecule has 0 amide bonds. The van der Waals surface area contributed by atoms with Crippen LogP contribution >= 0.6 is 0 Å². The molecule has 1 aromatic rings. The van der Waals surface area contributed by atoms with Gasteiger partial charge in [-0.25, -0.2) is 14.4 Å². The summed E-state index contributed by atoms with van der Waals surface area (Å²) in [7, 11) is 0. The Bertz CT molecular complexity index is 396. The molecular formula is C10H12FN3O2. The van der Waals surface area contributed by atoms with Crippen molar-refractivity contribution >= 4 is 11.9 Å². The highest BCUT2D eigenvalue weighted by atomic mass is 19.1. The average molecular weight is 225 g/mol. The molecule has 1 fully saturated rings. The van der Waals surface area contributed by atoms with Crippen molar-refractivity contribution in [2.45, 2.75) is 6.92 Å². The van der Waals surface area contributed by atoms with Gasteiger partial charge in [0.2, 0.25) is 5.95 Å². The average Bonchev–Trinajstić information content (AvgIpc) is 2.61. The van der Waals surface area contributed by atoms with Crippen LogP contribution in [0.15, 0.2) is 12.4 Å². The summed E-state index contributed by atoms with van der Waals surface area (Å²) in [6.45, 7) is 2.84. The number of carboxylic acids is 1. The number of nitrogens with zero attached hydrogens (tertiary/aromatic N) is 3. The van der Waals surface area contributed by atoms with Gasteiger partial charge in [0.1, 0.15) is 0 Å². The van der Waals surface area contributed by atoms with Gasteiger partial charge in [-0.05, 0) is 5.92 Å². The summed E-state index contributed by atoms with van der Waals surface area (Å²) >= 11 is 0. The minimum Gasteiger partial charge on any atom is -0.481 e. The quantitative estimate of drug-likeness (QED) is 0.805. The van der Waals surface area contributed by atoms with Crippen LogP contribution in [0.4, 0.5) is 10.3 Å². The van der Waals surface area contributed by atoms with Gasteiger partial charge in [0.15, 0.2) is 5.82 Å². The molecule has 0 aliphatic carbocycles. The summed E-state index contributed by atoms with van der Waals surface area (Å²) < 4.78 is 12.6. The van der Waals surface area contributed by atoms with Crippen LogP contribution in [0.3, 0.4) is 0 Å². The Balaban J connectivity index is 2.13. The molecule has 6 heteroatoms. The Kier molecular flexibility index (Phi) is 2.72. The third-order valence-corrected chi connectivity index (χ3v) is 2.82. The summed E-state index contributed by atoms with van der Waals surface area (Å²) in [5.41, 5.74) is 0. The molecule has 0 aromatic carbocycles. The Labute approximate surface area is 91.9 Å². The molecule has 1 aliphatic heterocycles. The first-order valence-electron chi connectivity index (χ1n) is 5.03. The third kappa shape index (κ3) is 1.95. The van der Waals surface area contributed by atoms with Gasteiger partial charge in [0.25, 0.3) is 0 Å². The molecule has 2 unspecified atom stereocenters.